The van der Waals surface area contributed by atoms with E-state index in [1.807, 2.05) is 6.92 Å². The number of ether oxygens (including phenoxy) is 1. The second kappa shape index (κ2) is 6.54. The first-order chi connectivity index (χ1) is 11.8. The number of alkyl halides is 3. The van der Waals surface area contributed by atoms with Crippen LogP contribution < -0.4 is 0 Å². The van der Waals surface area contributed by atoms with Crippen LogP contribution in [0.15, 0.2) is 18.2 Å². The number of benzene rings is 1. The molecule has 1 aromatic carbocycles. The van der Waals surface area contributed by atoms with Crippen molar-refractivity contribution in [1.82, 2.24) is 9.88 Å². The summed E-state index contributed by atoms with van der Waals surface area (Å²) in [5.41, 5.74) is 2.35. The molecule has 25 heavy (non-hydrogen) atoms. The maximum atomic E-state index is 12.9. The molecule has 1 aliphatic rings. The predicted octanol–water partition coefficient (Wildman–Crippen LogP) is 4.12. The van der Waals surface area contributed by atoms with Crippen LogP contribution in [-0.4, -0.2) is 35.7 Å². The van der Waals surface area contributed by atoms with Crippen molar-refractivity contribution >= 4 is 17.0 Å². The molecule has 0 N–H and O–H groups in total. The zero-order valence-electron chi connectivity index (χ0n) is 14.1. The molecule has 0 saturated carbocycles. The zero-order valence-corrected chi connectivity index (χ0v) is 14.1. The van der Waals surface area contributed by atoms with Crippen LogP contribution in [0.3, 0.4) is 0 Å². The van der Waals surface area contributed by atoms with Gasteiger partial charge in [-0.2, -0.15) is 13.2 Å². The first kappa shape index (κ1) is 17.5. The van der Waals surface area contributed by atoms with Gasteiger partial charge in [0.25, 0.3) is 0 Å². The van der Waals surface area contributed by atoms with E-state index in [1.165, 1.54) is 6.07 Å². The molecule has 2 heterocycles. The normalized spacial score (nSPS) is 15.0. The Labute approximate surface area is 143 Å². The minimum atomic E-state index is -4.39. The van der Waals surface area contributed by atoms with Crippen molar-refractivity contribution < 1.29 is 22.7 Å². The Morgan fingerprint density at radius 3 is 2.68 bits per heavy atom. The molecule has 0 spiro atoms. The van der Waals surface area contributed by atoms with Gasteiger partial charge in [0, 0.05) is 30.6 Å². The third-order valence-electron chi connectivity index (χ3n) is 4.56. The third kappa shape index (κ3) is 3.41. The molecule has 1 aromatic heterocycles. The lowest BCUT2D eigenvalue weighted by Crippen LogP contribution is -2.33. The molecule has 0 radical (unpaired) electrons. The Bertz CT molecular complexity index is 818. The van der Waals surface area contributed by atoms with Crippen LogP contribution >= 0.6 is 0 Å². The number of carbonyl (C=O) groups excluding carboxylic acids is 1. The average molecular weight is 352 g/mol. The molecule has 0 fully saturated rings. The van der Waals surface area contributed by atoms with E-state index in [1.54, 1.807) is 11.8 Å². The summed E-state index contributed by atoms with van der Waals surface area (Å²) in [4.78, 5) is 18.0. The fourth-order valence-electron chi connectivity index (χ4n) is 3.24. The van der Waals surface area contributed by atoms with Gasteiger partial charge in [-0.3, -0.25) is 4.98 Å². The van der Waals surface area contributed by atoms with Gasteiger partial charge in [0.2, 0.25) is 0 Å². The van der Waals surface area contributed by atoms with Crippen LogP contribution in [0.1, 0.15) is 29.3 Å². The summed E-state index contributed by atoms with van der Waals surface area (Å²) in [5.74, 6) is 0. The SMILES string of the molecule is CCOC(=O)N1CCc2nc3cc(C(F)(F)F)ccc3c(C)c2CC1. The first-order valence-corrected chi connectivity index (χ1v) is 8.22. The van der Waals surface area contributed by atoms with Gasteiger partial charge in [0.05, 0.1) is 17.7 Å². The summed E-state index contributed by atoms with van der Waals surface area (Å²) in [5, 5.41) is 0.719. The molecule has 0 unspecified atom stereocenters. The molecule has 0 saturated heterocycles. The van der Waals surface area contributed by atoms with Crippen molar-refractivity contribution in [1.29, 1.82) is 0 Å². The van der Waals surface area contributed by atoms with E-state index in [0.717, 1.165) is 34.3 Å². The summed E-state index contributed by atoms with van der Waals surface area (Å²) in [7, 11) is 0. The number of hydrogen-bond acceptors (Lipinski definition) is 3. The number of rotatable bonds is 1. The number of fused-ring (bicyclic) bond motifs is 2. The number of aryl methyl sites for hydroxylation is 1. The third-order valence-corrected chi connectivity index (χ3v) is 4.56. The molecule has 1 amide bonds. The van der Waals surface area contributed by atoms with Gasteiger partial charge in [-0.15, -0.1) is 0 Å². The Morgan fingerprint density at radius 1 is 1.28 bits per heavy atom. The van der Waals surface area contributed by atoms with Crippen LogP contribution in [0.2, 0.25) is 0 Å². The van der Waals surface area contributed by atoms with E-state index in [2.05, 4.69) is 4.98 Å². The minimum absolute atomic E-state index is 0.309. The smallest absolute Gasteiger partial charge is 0.416 e. The Kier molecular flexibility index (Phi) is 4.58. The predicted molar refractivity (Wildman–Crippen MR) is 87.5 cm³/mol. The maximum absolute atomic E-state index is 12.9. The number of nitrogens with zero attached hydrogens (tertiary/aromatic N) is 2. The van der Waals surface area contributed by atoms with Crippen LogP contribution in [0.5, 0.6) is 0 Å². The molecule has 4 nitrogen and oxygen atoms in total. The standard InChI is InChI=1S/C18H19F3N2O2/c1-3-25-17(24)23-8-6-14-11(2)13-5-4-12(18(19,20)21)10-16(13)22-15(14)7-9-23/h4-5,10H,3,6-9H2,1-2H3. The summed E-state index contributed by atoms with van der Waals surface area (Å²) in [6.45, 7) is 4.92. The summed E-state index contributed by atoms with van der Waals surface area (Å²) in [6, 6.07) is 3.66. The minimum Gasteiger partial charge on any atom is -0.450 e. The monoisotopic (exact) mass is 352 g/mol. The lowest BCUT2D eigenvalue weighted by atomic mass is 9.97. The summed E-state index contributed by atoms with van der Waals surface area (Å²) < 4.78 is 43.9. The largest absolute Gasteiger partial charge is 0.450 e. The highest BCUT2D eigenvalue weighted by atomic mass is 19.4. The molecule has 0 aliphatic carbocycles. The fourth-order valence-corrected chi connectivity index (χ4v) is 3.24. The number of hydrogen-bond donors (Lipinski definition) is 0. The lowest BCUT2D eigenvalue weighted by Gasteiger charge is -2.18. The highest BCUT2D eigenvalue weighted by Crippen LogP contribution is 2.33. The van der Waals surface area contributed by atoms with Crippen LogP contribution in [0.25, 0.3) is 10.9 Å². The van der Waals surface area contributed by atoms with E-state index in [-0.39, 0.29) is 6.09 Å². The van der Waals surface area contributed by atoms with Gasteiger partial charge in [-0.1, -0.05) is 6.07 Å². The zero-order chi connectivity index (χ0) is 18.2. The van der Waals surface area contributed by atoms with E-state index < -0.39 is 11.7 Å². The highest BCUT2D eigenvalue weighted by Gasteiger charge is 2.31. The van der Waals surface area contributed by atoms with E-state index in [9.17, 15) is 18.0 Å². The quantitative estimate of drug-likeness (QED) is 0.775. The van der Waals surface area contributed by atoms with Crippen LogP contribution in [0, 0.1) is 6.92 Å². The highest BCUT2D eigenvalue weighted by molar-refractivity contribution is 5.84. The van der Waals surface area contributed by atoms with Crippen molar-refractivity contribution in [2.45, 2.75) is 32.9 Å². The molecular weight excluding hydrogens is 333 g/mol. The van der Waals surface area contributed by atoms with Gasteiger partial charge >= 0.3 is 12.3 Å². The van der Waals surface area contributed by atoms with E-state index >= 15 is 0 Å². The average Bonchev–Trinajstić information content (AvgIpc) is 2.77. The molecule has 7 heteroatoms. The van der Waals surface area contributed by atoms with Crippen molar-refractivity contribution in [3.05, 3.63) is 40.6 Å². The van der Waals surface area contributed by atoms with Gasteiger partial charge in [-0.25, -0.2) is 4.79 Å². The first-order valence-electron chi connectivity index (χ1n) is 8.22. The molecule has 0 atom stereocenters. The maximum Gasteiger partial charge on any atom is 0.416 e. The topological polar surface area (TPSA) is 42.4 Å². The number of halogens is 3. The van der Waals surface area contributed by atoms with Crippen molar-refractivity contribution in [2.24, 2.45) is 0 Å². The molecule has 1 aliphatic heterocycles. The van der Waals surface area contributed by atoms with Gasteiger partial charge in [0.1, 0.15) is 0 Å². The van der Waals surface area contributed by atoms with Gasteiger partial charge in [-0.05, 0) is 43.5 Å². The van der Waals surface area contributed by atoms with E-state index in [4.69, 9.17) is 4.74 Å². The fraction of sp³-hybridized carbons (Fsp3) is 0.444. The second-order valence-electron chi connectivity index (χ2n) is 6.08. The second-order valence-corrected chi connectivity index (χ2v) is 6.08. The number of carbonyl (C=O) groups is 1. The van der Waals surface area contributed by atoms with Crippen LogP contribution in [-0.2, 0) is 23.8 Å². The molecule has 134 valence electrons. The summed E-state index contributed by atoms with van der Waals surface area (Å²) in [6.07, 6.45) is -3.64. The Hall–Kier alpha value is -2.31. The number of amides is 1. The van der Waals surface area contributed by atoms with Gasteiger partial charge < -0.3 is 9.64 Å². The Balaban J connectivity index is 1.99. The molecule has 2 aromatic rings. The van der Waals surface area contributed by atoms with E-state index in [0.29, 0.717) is 38.1 Å². The van der Waals surface area contributed by atoms with Crippen molar-refractivity contribution in [3.63, 3.8) is 0 Å². The molecule has 3 rings (SSSR count). The molecular formula is C18H19F3N2O2. The molecule has 0 bridgehead atoms. The lowest BCUT2D eigenvalue weighted by molar-refractivity contribution is -0.137. The Morgan fingerprint density at radius 2 is 2.00 bits per heavy atom. The number of aromatic nitrogens is 1. The summed E-state index contributed by atoms with van der Waals surface area (Å²) >= 11 is 0. The van der Waals surface area contributed by atoms with Crippen molar-refractivity contribution in [3.8, 4) is 0 Å². The van der Waals surface area contributed by atoms with Gasteiger partial charge in [0.15, 0.2) is 0 Å². The number of pyridine rings is 1. The van der Waals surface area contributed by atoms with Crippen LogP contribution in [0.4, 0.5) is 18.0 Å². The van der Waals surface area contributed by atoms with Crippen molar-refractivity contribution in [2.75, 3.05) is 19.7 Å².